The zero-order chi connectivity index (χ0) is 14.3. The van der Waals surface area contributed by atoms with Gasteiger partial charge in [0.2, 0.25) is 0 Å². The second-order valence-corrected chi connectivity index (χ2v) is 3.62. The largest absolute Gasteiger partial charge is 0.493 e. The van der Waals surface area contributed by atoms with Crippen molar-refractivity contribution >= 4 is 5.97 Å². The highest BCUT2D eigenvalue weighted by molar-refractivity contribution is 5.79. The number of terminal acetylenes is 1. The van der Waals surface area contributed by atoms with Crippen molar-refractivity contribution in [1.82, 2.24) is 5.32 Å². The van der Waals surface area contributed by atoms with Gasteiger partial charge in [-0.3, -0.25) is 5.32 Å². The number of carbonyl (C=O) groups is 1. The lowest BCUT2D eigenvalue weighted by atomic mass is 10.0. The number of hydrogen-bond acceptors (Lipinski definition) is 5. The van der Waals surface area contributed by atoms with Crippen molar-refractivity contribution in [3.8, 4) is 23.8 Å². The number of nitrogens with one attached hydrogen (secondary N) is 1. The summed E-state index contributed by atoms with van der Waals surface area (Å²) in [6.45, 7) is 0.236. The minimum Gasteiger partial charge on any atom is -0.493 e. The second-order valence-electron chi connectivity index (χ2n) is 3.62. The van der Waals surface area contributed by atoms with Gasteiger partial charge in [-0.1, -0.05) is 18.1 Å². The Morgan fingerprint density at radius 2 is 2.11 bits per heavy atom. The van der Waals surface area contributed by atoms with Crippen molar-refractivity contribution < 1.29 is 19.0 Å². The molecule has 1 unspecified atom stereocenters. The molecule has 0 saturated heterocycles. The molecular weight excluding hydrogens is 246 g/mol. The van der Waals surface area contributed by atoms with Crippen LogP contribution in [0.5, 0.6) is 11.5 Å². The summed E-state index contributed by atoms with van der Waals surface area (Å²) in [6.07, 6.45) is 5.20. The standard InChI is InChI=1S/C14H17NO4/c1-5-9-15-12(14(16)19-4)10-7-6-8-11(17-2)13(10)18-3/h1,6-8,12,15H,9H2,2-4H3. The minimum absolute atomic E-state index is 0.236. The van der Waals surface area contributed by atoms with Gasteiger partial charge in [0.25, 0.3) is 0 Å². The van der Waals surface area contributed by atoms with Gasteiger partial charge in [-0.25, -0.2) is 4.79 Å². The molecule has 0 aliphatic rings. The molecule has 0 saturated carbocycles. The van der Waals surface area contributed by atoms with Crippen LogP contribution in [0.2, 0.25) is 0 Å². The highest BCUT2D eigenvalue weighted by Crippen LogP contribution is 2.34. The molecule has 19 heavy (non-hydrogen) atoms. The monoisotopic (exact) mass is 263 g/mol. The summed E-state index contributed by atoms with van der Waals surface area (Å²) in [6, 6.07) is 4.57. The van der Waals surface area contributed by atoms with Gasteiger partial charge in [0.15, 0.2) is 11.5 Å². The molecule has 1 aromatic rings. The number of benzene rings is 1. The molecule has 0 radical (unpaired) electrons. The Balaban J connectivity index is 3.21. The Kier molecular flexibility index (Phi) is 5.71. The second kappa shape index (κ2) is 7.29. The number of esters is 1. The van der Waals surface area contributed by atoms with Crippen LogP contribution in [0.4, 0.5) is 0 Å². The van der Waals surface area contributed by atoms with Gasteiger partial charge < -0.3 is 14.2 Å². The van der Waals surface area contributed by atoms with Crippen molar-refractivity contribution in [1.29, 1.82) is 0 Å². The maximum atomic E-state index is 11.8. The van der Waals surface area contributed by atoms with Crippen molar-refractivity contribution in [3.05, 3.63) is 23.8 Å². The van der Waals surface area contributed by atoms with Crippen molar-refractivity contribution in [3.63, 3.8) is 0 Å². The molecule has 0 fully saturated rings. The maximum Gasteiger partial charge on any atom is 0.327 e. The van der Waals surface area contributed by atoms with Gasteiger partial charge in [-0.15, -0.1) is 6.42 Å². The molecule has 0 amide bonds. The lowest BCUT2D eigenvalue weighted by Crippen LogP contribution is -2.30. The van der Waals surface area contributed by atoms with Crippen LogP contribution in [0.15, 0.2) is 18.2 Å². The van der Waals surface area contributed by atoms with Gasteiger partial charge in [0.1, 0.15) is 6.04 Å². The summed E-state index contributed by atoms with van der Waals surface area (Å²) < 4.78 is 15.3. The van der Waals surface area contributed by atoms with E-state index in [0.29, 0.717) is 17.1 Å². The number of hydrogen-bond donors (Lipinski definition) is 1. The molecule has 0 aliphatic heterocycles. The fourth-order valence-corrected chi connectivity index (χ4v) is 1.74. The van der Waals surface area contributed by atoms with E-state index in [4.69, 9.17) is 20.6 Å². The topological polar surface area (TPSA) is 56.8 Å². The predicted octanol–water partition coefficient (Wildman–Crippen LogP) is 1.14. The van der Waals surface area contributed by atoms with Crippen molar-refractivity contribution in [2.24, 2.45) is 0 Å². The van der Waals surface area contributed by atoms with E-state index < -0.39 is 12.0 Å². The van der Waals surface area contributed by atoms with E-state index >= 15 is 0 Å². The van der Waals surface area contributed by atoms with Crippen LogP contribution in [-0.4, -0.2) is 33.8 Å². The molecule has 0 bridgehead atoms. The first-order valence-corrected chi connectivity index (χ1v) is 5.65. The van der Waals surface area contributed by atoms with Gasteiger partial charge in [-0.05, 0) is 6.07 Å². The number of rotatable bonds is 6. The summed E-state index contributed by atoms with van der Waals surface area (Å²) >= 11 is 0. The summed E-state index contributed by atoms with van der Waals surface area (Å²) in [7, 11) is 4.36. The molecule has 1 aromatic carbocycles. The van der Waals surface area contributed by atoms with Crippen LogP contribution < -0.4 is 14.8 Å². The molecule has 0 aliphatic carbocycles. The van der Waals surface area contributed by atoms with Gasteiger partial charge in [0, 0.05) is 5.56 Å². The fraction of sp³-hybridized carbons (Fsp3) is 0.357. The van der Waals surface area contributed by atoms with Crippen LogP contribution in [-0.2, 0) is 9.53 Å². The van der Waals surface area contributed by atoms with Gasteiger partial charge in [-0.2, -0.15) is 0 Å². The molecule has 0 spiro atoms. The van der Waals surface area contributed by atoms with Crippen LogP contribution >= 0.6 is 0 Å². The number of carbonyl (C=O) groups excluding carboxylic acids is 1. The third-order valence-corrected chi connectivity index (χ3v) is 2.59. The molecule has 1 rings (SSSR count). The molecule has 102 valence electrons. The van der Waals surface area contributed by atoms with Gasteiger partial charge in [0.05, 0.1) is 27.9 Å². The normalized spacial score (nSPS) is 11.3. The third-order valence-electron chi connectivity index (χ3n) is 2.59. The first kappa shape index (κ1) is 14.9. The van der Waals surface area contributed by atoms with Crippen LogP contribution in [0.25, 0.3) is 0 Å². The van der Waals surface area contributed by atoms with E-state index in [1.54, 1.807) is 18.2 Å². The van der Waals surface area contributed by atoms with Crippen molar-refractivity contribution in [2.75, 3.05) is 27.9 Å². The number of methoxy groups -OCH3 is 3. The summed E-state index contributed by atoms with van der Waals surface area (Å²) in [5.74, 6) is 2.99. The molecule has 0 aromatic heterocycles. The fourth-order valence-electron chi connectivity index (χ4n) is 1.74. The Morgan fingerprint density at radius 3 is 2.63 bits per heavy atom. The molecule has 5 heteroatoms. The Hall–Kier alpha value is -2.19. The predicted molar refractivity (Wildman–Crippen MR) is 71.1 cm³/mol. The average Bonchev–Trinajstić information content (AvgIpc) is 2.46. The van der Waals surface area contributed by atoms with E-state index in [9.17, 15) is 4.79 Å². The molecule has 0 heterocycles. The lowest BCUT2D eigenvalue weighted by Gasteiger charge is -2.19. The van der Waals surface area contributed by atoms with E-state index in [1.807, 2.05) is 0 Å². The minimum atomic E-state index is -0.703. The maximum absolute atomic E-state index is 11.8. The number of para-hydroxylation sites is 1. The van der Waals surface area contributed by atoms with Crippen LogP contribution in [0.3, 0.4) is 0 Å². The lowest BCUT2D eigenvalue weighted by molar-refractivity contribution is -0.143. The first-order valence-electron chi connectivity index (χ1n) is 5.65. The Labute approximate surface area is 112 Å². The van der Waals surface area contributed by atoms with E-state index in [-0.39, 0.29) is 6.54 Å². The summed E-state index contributed by atoms with van der Waals surface area (Å²) in [5.41, 5.74) is 0.615. The third kappa shape index (κ3) is 3.39. The van der Waals surface area contributed by atoms with Gasteiger partial charge >= 0.3 is 5.97 Å². The molecular formula is C14H17NO4. The zero-order valence-corrected chi connectivity index (χ0v) is 11.2. The Bertz CT molecular complexity index is 479. The SMILES string of the molecule is C#CCNC(C(=O)OC)c1cccc(OC)c1OC. The van der Waals surface area contributed by atoms with Crippen LogP contribution in [0, 0.1) is 12.3 Å². The zero-order valence-electron chi connectivity index (χ0n) is 11.2. The quantitative estimate of drug-likeness (QED) is 0.616. The first-order chi connectivity index (χ1) is 9.19. The molecule has 5 nitrogen and oxygen atoms in total. The van der Waals surface area contributed by atoms with Crippen LogP contribution in [0.1, 0.15) is 11.6 Å². The number of ether oxygens (including phenoxy) is 3. The van der Waals surface area contributed by atoms with E-state index in [0.717, 1.165) is 0 Å². The Morgan fingerprint density at radius 1 is 1.37 bits per heavy atom. The van der Waals surface area contributed by atoms with Crippen molar-refractivity contribution in [2.45, 2.75) is 6.04 Å². The highest BCUT2D eigenvalue weighted by atomic mass is 16.5. The average molecular weight is 263 g/mol. The highest BCUT2D eigenvalue weighted by Gasteiger charge is 2.25. The van der Waals surface area contributed by atoms with E-state index in [2.05, 4.69) is 11.2 Å². The molecule has 1 atom stereocenters. The smallest absolute Gasteiger partial charge is 0.327 e. The summed E-state index contributed by atoms with van der Waals surface area (Å²) in [5, 5.41) is 2.92. The van der Waals surface area contributed by atoms with E-state index in [1.165, 1.54) is 21.3 Å². The summed E-state index contributed by atoms with van der Waals surface area (Å²) in [4.78, 5) is 11.8. The molecule has 1 N–H and O–H groups in total.